The highest BCUT2D eigenvalue weighted by atomic mass is 16.5. The third-order valence-electron chi connectivity index (χ3n) is 3.25. The first-order valence-corrected chi connectivity index (χ1v) is 7.90. The van der Waals surface area contributed by atoms with Crippen LogP contribution >= 0.6 is 0 Å². The van der Waals surface area contributed by atoms with Gasteiger partial charge < -0.3 is 20.1 Å². The minimum absolute atomic E-state index is 0.341. The minimum atomic E-state index is -0.858. The lowest BCUT2D eigenvalue weighted by molar-refractivity contribution is -0.129. The second-order valence-electron chi connectivity index (χ2n) is 5.16. The Morgan fingerprint density at radius 3 is 2.65 bits per heavy atom. The molecule has 0 fully saturated rings. The molecule has 0 radical (unpaired) electrons. The van der Waals surface area contributed by atoms with Crippen molar-refractivity contribution in [2.45, 2.75) is 32.8 Å². The molecule has 0 bridgehead atoms. The minimum Gasteiger partial charge on any atom is -0.449 e. The third kappa shape index (κ3) is 6.69. The quantitative estimate of drug-likeness (QED) is 0.510. The van der Waals surface area contributed by atoms with Crippen molar-refractivity contribution in [2.24, 2.45) is 0 Å². The monoisotopic (exact) mass is 322 g/mol. The van der Waals surface area contributed by atoms with E-state index in [9.17, 15) is 9.59 Å². The number of methoxy groups -OCH3 is 1. The standard InChI is InChI=1S/C17H26N2O4/c1-4-5-10-18-15-9-7-6-8-14(15)17(21)23-13(2)16(20)19-11-12-22-3/h6-9,13,18H,4-5,10-12H2,1-3H3,(H,19,20)/t13-/m1/s1. The van der Waals surface area contributed by atoms with E-state index >= 15 is 0 Å². The van der Waals surface area contributed by atoms with Crippen molar-refractivity contribution in [3.63, 3.8) is 0 Å². The normalized spacial score (nSPS) is 11.6. The van der Waals surface area contributed by atoms with E-state index in [2.05, 4.69) is 17.6 Å². The van der Waals surface area contributed by atoms with E-state index in [1.54, 1.807) is 26.2 Å². The lowest BCUT2D eigenvalue weighted by atomic mass is 10.1. The van der Waals surface area contributed by atoms with Gasteiger partial charge in [-0.15, -0.1) is 0 Å². The van der Waals surface area contributed by atoms with Gasteiger partial charge in [-0.1, -0.05) is 25.5 Å². The lowest BCUT2D eigenvalue weighted by Crippen LogP contribution is -2.37. The zero-order chi connectivity index (χ0) is 17.1. The Morgan fingerprint density at radius 1 is 1.22 bits per heavy atom. The number of rotatable bonds is 10. The van der Waals surface area contributed by atoms with Crippen LogP contribution < -0.4 is 10.6 Å². The van der Waals surface area contributed by atoms with Gasteiger partial charge in [-0.25, -0.2) is 4.79 Å². The van der Waals surface area contributed by atoms with E-state index in [0.717, 1.165) is 25.1 Å². The maximum absolute atomic E-state index is 12.3. The Balaban J connectivity index is 2.61. The molecule has 1 rings (SSSR count). The number of nitrogens with one attached hydrogen (secondary N) is 2. The van der Waals surface area contributed by atoms with Gasteiger partial charge in [-0.2, -0.15) is 0 Å². The van der Waals surface area contributed by atoms with Gasteiger partial charge in [0.1, 0.15) is 0 Å². The van der Waals surface area contributed by atoms with Crippen LogP contribution in [0.25, 0.3) is 0 Å². The first-order valence-electron chi connectivity index (χ1n) is 7.90. The smallest absolute Gasteiger partial charge is 0.341 e. The van der Waals surface area contributed by atoms with E-state index in [1.807, 2.05) is 12.1 Å². The van der Waals surface area contributed by atoms with Crippen LogP contribution in [0.15, 0.2) is 24.3 Å². The fourth-order valence-corrected chi connectivity index (χ4v) is 1.91. The highest BCUT2D eigenvalue weighted by molar-refractivity contribution is 5.97. The Morgan fingerprint density at radius 2 is 1.96 bits per heavy atom. The number of carbonyl (C=O) groups is 2. The lowest BCUT2D eigenvalue weighted by Gasteiger charge is -2.15. The molecule has 0 aliphatic carbocycles. The molecule has 0 aliphatic rings. The number of esters is 1. The highest BCUT2D eigenvalue weighted by Crippen LogP contribution is 2.17. The van der Waals surface area contributed by atoms with Crippen LogP contribution in [0, 0.1) is 0 Å². The average molecular weight is 322 g/mol. The van der Waals surface area contributed by atoms with Crippen molar-refractivity contribution in [3.05, 3.63) is 29.8 Å². The molecule has 128 valence electrons. The van der Waals surface area contributed by atoms with Gasteiger partial charge in [0.25, 0.3) is 5.91 Å². The highest BCUT2D eigenvalue weighted by Gasteiger charge is 2.20. The van der Waals surface area contributed by atoms with Gasteiger partial charge in [-0.3, -0.25) is 4.79 Å². The summed E-state index contributed by atoms with van der Waals surface area (Å²) in [6, 6.07) is 7.14. The number of benzene rings is 1. The Hall–Kier alpha value is -2.08. The zero-order valence-electron chi connectivity index (χ0n) is 14.1. The summed E-state index contributed by atoms with van der Waals surface area (Å²) in [7, 11) is 1.55. The van der Waals surface area contributed by atoms with Crippen LogP contribution in [0.2, 0.25) is 0 Å². The molecule has 6 heteroatoms. The van der Waals surface area contributed by atoms with Crippen LogP contribution in [-0.4, -0.2) is 44.8 Å². The van der Waals surface area contributed by atoms with Crippen LogP contribution in [0.5, 0.6) is 0 Å². The maximum atomic E-state index is 12.3. The molecular formula is C17H26N2O4. The van der Waals surface area contributed by atoms with Crippen molar-refractivity contribution < 1.29 is 19.1 Å². The molecule has 0 unspecified atom stereocenters. The first-order chi connectivity index (χ1) is 11.1. The molecule has 0 heterocycles. The molecule has 23 heavy (non-hydrogen) atoms. The van der Waals surface area contributed by atoms with E-state index < -0.39 is 12.1 Å². The molecule has 0 spiro atoms. The predicted molar refractivity (Wildman–Crippen MR) is 89.6 cm³/mol. The molecule has 0 saturated carbocycles. The molecule has 1 aromatic rings. The fraction of sp³-hybridized carbons (Fsp3) is 0.529. The van der Waals surface area contributed by atoms with Gasteiger partial charge in [0, 0.05) is 25.9 Å². The van der Waals surface area contributed by atoms with Crippen LogP contribution in [0.1, 0.15) is 37.0 Å². The van der Waals surface area contributed by atoms with E-state index in [1.165, 1.54) is 0 Å². The number of para-hydroxylation sites is 1. The van der Waals surface area contributed by atoms with Crippen molar-refractivity contribution in [1.29, 1.82) is 0 Å². The van der Waals surface area contributed by atoms with Gasteiger partial charge in [0.05, 0.1) is 12.2 Å². The Labute approximate surface area is 137 Å². The zero-order valence-corrected chi connectivity index (χ0v) is 14.1. The largest absolute Gasteiger partial charge is 0.449 e. The van der Waals surface area contributed by atoms with Crippen molar-refractivity contribution in [1.82, 2.24) is 5.32 Å². The molecule has 1 amide bonds. The maximum Gasteiger partial charge on any atom is 0.341 e. The summed E-state index contributed by atoms with van der Waals surface area (Å²) in [5.41, 5.74) is 1.15. The van der Waals surface area contributed by atoms with Gasteiger partial charge in [-0.05, 0) is 25.5 Å². The summed E-state index contributed by atoms with van der Waals surface area (Å²) in [6.07, 6.45) is 1.23. The average Bonchev–Trinajstić information content (AvgIpc) is 2.55. The van der Waals surface area contributed by atoms with Crippen LogP contribution in [-0.2, 0) is 14.3 Å². The second kappa shape index (κ2) is 10.6. The SMILES string of the molecule is CCCCNc1ccccc1C(=O)O[C@H](C)C(=O)NCCOC. The summed E-state index contributed by atoms with van der Waals surface area (Å²) < 4.78 is 10.1. The summed E-state index contributed by atoms with van der Waals surface area (Å²) in [5.74, 6) is -0.856. The van der Waals surface area contributed by atoms with E-state index in [-0.39, 0.29) is 5.91 Å². The molecule has 0 aliphatic heterocycles. The van der Waals surface area contributed by atoms with Gasteiger partial charge in [0.2, 0.25) is 0 Å². The molecule has 0 aromatic heterocycles. The van der Waals surface area contributed by atoms with Crippen molar-refractivity contribution >= 4 is 17.6 Å². The second-order valence-corrected chi connectivity index (χ2v) is 5.16. The molecule has 0 saturated heterocycles. The molecular weight excluding hydrogens is 296 g/mol. The van der Waals surface area contributed by atoms with Crippen LogP contribution in [0.3, 0.4) is 0 Å². The summed E-state index contributed by atoms with van der Waals surface area (Å²) in [4.78, 5) is 24.1. The molecule has 1 atom stereocenters. The number of carbonyl (C=O) groups excluding carboxylic acids is 2. The Bertz CT molecular complexity index is 505. The fourth-order valence-electron chi connectivity index (χ4n) is 1.91. The Kier molecular flexibility index (Phi) is 8.75. The number of hydrogen-bond acceptors (Lipinski definition) is 5. The summed E-state index contributed by atoms with van der Waals surface area (Å²) >= 11 is 0. The number of ether oxygens (including phenoxy) is 2. The molecule has 2 N–H and O–H groups in total. The number of amides is 1. The molecule has 6 nitrogen and oxygen atoms in total. The summed E-state index contributed by atoms with van der Waals surface area (Å²) in [5, 5.41) is 5.86. The number of unbranched alkanes of at least 4 members (excludes halogenated alkanes) is 1. The van der Waals surface area contributed by atoms with Crippen molar-refractivity contribution in [3.8, 4) is 0 Å². The summed E-state index contributed by atoms with van der Waals surface area (Å²) in [6.45, 7) is 5.23. The van der Waals surface area contributed by atoms with Crippen LogP contribution in [0.4, 0.5) is 5.69 Å². The van der Waals surface area contributed by atoms with Gasteiger partial charge in [0.15, 0.2) is 6.10 Å². The van der Waals surface area contributed by atoms with E-state index in [0.29, 0.717) is 18.7 Å². The first kappa shape index (κ1) is 19.0. The number of hydrogen-bond donors (Lipinski definition) is 2. The van der Waals surface area contributed by atoms with E-state index in [4.69, 9.17) is 9.47 Å². The van der Waals surface area contributed by atoms with Gasteiger partial charge >= 0.3 is 5.97 Å². The topological polar surface area (TPSA) is 76.7 Å². The van der Waals surface area contributed by atoms with Crippen molar-refractivity contribution in [2.75, 3.05) is 32.1 Å². The molecule has 1 aromatic carbocycles. The predicted octanol–water partition coefficient (Wildman–Crippen LogP) is 2.21. The third-order valence-corrected chi connectivity index (χ3v) is 3.25. The number of anilines is 1.